The number of nitrogens with zero attached hydrogens (tertiary/aromatic N) is 4. The number of piperidine rings is 2. The molecule has 1 atom stereocenters. The molecular formula is C28H31F4N5. The number of benzene rings is 2. The molecule has 3 aromatic rings. The molecule has 2 aliphatic rings. The maximum atomic E-state index is 14.7. The SMILES string of the molecule is CC1CCCCN1C1CCN(c2ncc(-c3ccc(F)cc3F)c(NCc3ccc(F)cc3F)n2)CC1. The molecule has 0 spiro atoms. The number of likely N-dealkylation sites (tertiary alicyclic amines) is 1. The summed E-state index contributed by atoms with van der Waals surface area (Å²) in [6, 6.07) is 7.80. The van der Waals surface area contributed by atoms with E-state index < -0.39 is 23.3 Å². The average molecular weight is 514 g/mol. The summed E-state index contributed by atoms with van der Waals surface area (Å²) in [5, 5.41) is 3.07. The predicted octanol–water partition coefficient (Wildman–Crippen LogP) is 6.16. The van der Waals surface area contributed by atoms with E-state index in [0.717, 1.165) is 44.6 Å². The molecule has 196 valence electrons. The Morgan fingerprint density at radius 1 is 0.865 bits per heavy atom. The second-order valence-electron chi connectivity index (χ2n) is 9.95. The van der Waals surface area contributed by atoms with E-state index in [4.69, 9.17) is 0 Å². The van der Waals surface area contributed by atoms with Gasteiger partial charge < -0.3 is 10.2 Å². The third-order valence-corrected chi connectivity index (χ3v) is 7.53. The second-order valence-corrected chi connectivity index (χ2v) is 9.95. The number of hydrogen-bond donors (Lipinski definition) is 1. The zero-order valence-electron chi connectivity index (χ0n) is 20.9. The number of nitrogens with one attached hydrogen (secondary N) is 1. The van der Waals surface area contributed by atoms with Gasteiger partial charge in [0.05, 0.1) is 0 Å². The molecule has 0 aliphatic carbocycles. The average Bonchev–Trinajstić information content (AvgIpc) is 2.89. The molecular weight excluding hydrogens is 482 g/mol. The minimum atomic E-state index is -0.746. The molecule has 2 aromatic carbocycles. The van der Waals surface area contributed by atoms with Crippen LogP contribution in [0.15, 0.2) is 42.6 Å². The van der Waals surface area contributed by atoms with Gasteiger partial charge in [-0.05, 0) is 57.4 Å². The van der Waals surface area contributed by atoms with Crippen molar-refractivity contribution in [3.05, 3.63) is 71.4 Å². The molecule has 1 N–H and O–H groups in total. The van der Waals surface area contributed by atoms with Crippen LogP contribution in [-0.2, 0) is 6.54 Å². The quantitative estimate of drug-likeness (QED) is 0.400. The van der Waals surface area contributed by atoms with E-state index in [9.17, 15) is 17.6 Å². The molecule has 3 heterocycles. The number of rotatable bonds is 6. The Morgan fingerprint density at radius 2 is 1.59 bits per heavy atom. The Kier molecular flexibility index (Phi) is 7.60. The zero-order chi connectivity index (χ0) is 25.9. The first-order valence-corrected chi connectivity index (χ1v) is 12.9. The molecule has 5 rings (SSSR count). The van der Waals surface area contributed by atoms with E-state index in [1.54, 1.807) is 0 Å². The Labute approximate surface area is 214 Å². The number of anilines is 2. The van der Waals surface area contributed by atoms with Gasteiger partial charge in [0.15, 0.2) is 0 Å². The largest absolute Gasteiger partial charge is 0.365 e. The maximum absolute atomic E-state index is 14.7. The molecule has 5 nitrogen and oxygen atoms in total. The third-order valence-electron chi connectivity index (χ3n) is 7.53. The second kappa shape index (κ2) is 11.0. The third kappa shape index (κ3) is 5.71. The van der Waals surface area contributed by atoms with Crippen LogP contribution in [0.5, 0.6) is 0 Å². The van der Waals surface area contributed by atoms with Crippen LogP contribution in [0, 0.1) is 23.3 Å². The lowest BCUT2D eigenvalue weighted by molar-refractivity contribution is 0.0896. The molecule has 0 bridgehead atoms. The highest BCUT2D eigenvalue weighted by Crippen LogP contribution is 2.32. The Balaban J connectivity index is 1.38. The standard InChI is InChI=1S/C28H31F4N5/c1-18-4-2-3-11-37(18)22-9-12-36(13-10-22)28-34-17-24(23-8-7-21(30)15-26(23)32)27(35-28)33-16-19-5-6-20(29)14-25(19)31/h5-8,14-15,17-18,22H,2-4,9-13,16H2,1H3,(H,33,34,35). The summed E-state index contributed by atoms with van der Waals surface area (Å²) in [6.45, 7) is 5.06. The summed E-state index contributed by atoms with van der Waals surface area (Å²) in [5.74, 6) is -1.99. The lowest BCUT2D eigenvalue weighted by Gasteiger charge is -2.43. The number of aromatic nitrogens is 2. The van der Waals surface area contributed by atoms with Crippen molar-refractivity contribution in [2.75, 3.05) is 29.9 Å². The van der Waals surface area contributed by atoms with Crippen LogP contribution in [0.1, 0.15) is 44.6 Å². The van der Waals surface area contributed by atoms with Crippen LogP contribution in [-0.4, -0.2) is 46.6 Å². The summed E-state index contributed by atoms with van der Waals surface area (Å²) >= 11 is 0. The summed E-state index contributed by atoms with van der Waals surface area (Å²) in [4.78, 5) is 13.9. The molecule has 0 radical (unpaired) electrons. The van der Waals surface area contributed by atoms with Crippen LogP contribution < -0.4 is 10.2 Å². The summed E-state index contributed by atoms with van der Waals surface area (Å²) < 4.78 is 55.8. The van der Waals surface area contributed by atoms with Gasteiger partial charge in [0.1, 0.15) is 29.1 Å². The molecule has 9 heteroatoms. The van der Waals surface area contributed by atoms with Crippen LogP contribution in [0.3, 0.4) is 0 Å². The zero-order valence-corrected chi connectivity index (χ0v) is 20.9. The van der Waals surface area contributed by atoms with E-state index in [0.29, 0.717) is 29.4 Å². The highest BCUT2D eigenvalue weighted by atomic mass is 19.1. The Morgan fingerprint density at radius 3 is 2.30 bits per heavy atom. The van der Waals surface area contributed by atoms with E-state index in [-0.39, 0.29) is 17.7 Å². The number of halogens is 4. The first-order chi connectivity index (χ1) is 17.9. The van der Waals surface area contributed by atoms with E-state index in [1.807, 2.05) is 0 Å². The molecule has 1 unspecified atom stereocenters. The Hall–Kier alpha value is -3.20. The van der Waals surface area contributed by atoms with Crippen LogP contribution in [0.25, 0.3) is 11.1 Å². The molecule has 2 saturated heterocycles. The van der Waals surface area contributed by atoms with Gasteiger partial charge in [-0.2, -0.15) is 4.98 Å². The predicted molar refractivity (Wildman–Crippen MR) is 136 cm³/mol. The Bertz CT molecular complexity index is 1250. The lowest BCUT2D eigenvalue weighted by atomic mass is 9.96. The fraction of sp³-hybridized carbons (Fsp3) is 0.429. The van der Waals surface area contributed by atoms with Gasteiger partial charge in [-0.15, -0.1) is 0 Å². The summed E-state index contributed by atoms with van der Waals surface area (Å²) in [7, 11) is 0. The molecule has 1 aromatic heterocycles. The van der Waals surface area contributed by atoms with Gasteiger partial charge >= 0.3 is 0 Å². The maximum Gasteiger partial charge on any atom is 0.227 e. The first-order valence-electron chi connectivity index (χ1n) is 12.9. The molecule has 0 saturated carbocycles. The summed E-state index contributed by atoms with van der Waals surface area (Å²) in [5.41, 5.74) is 0.706. The molecule has 0 amide bonds. The van der Waals surface area contributed by atoms with Gasteiger partial charge in [0.2, 0.25) is 5.95 Å². The normalized spacial score (nSPS) is 19.3. The highest BCUT2D eigenvalue weighted by Gasteiger charge is 2.30. The number of hydrogen-bond acceptors (Lipinski definition) is 5. The molecule has 37 heavy (non-hydrogen) atoms. The van der Waals surface area contributed by atoms with Crippen molar-refractivity contribution >= 4 is 11.8 Å². The molecule has 2 fully saturated rings. The monoisotopic (exact) mass is 513 g/mol. The van der Waals surface area contributed by atoms with Crippen molar-refractivity contribution in [2.45, 2.75) is 57.7 Å². The van der Waals surface area contributed by atoms with Crippen molar-refractivity contribution < 1.29 is 17.6 Å². The van der Waals surface area contributed by atoms with Gasteiger partial charge in [-0.25, -0.2) is 22.5 Å². The minimum absolute atomic E-state index is 0.00724. The first kappa shape index (κ1) is 25.4. The van der Waals surface area contributed by atoms with E-state index >= 15 is 0 Å². The lowest BCUT2D eigenvalue weighted by Crippen LogP contribution is -2.50. The van der Waals surface area contributed by atoms with Gasteiger partial charge in [0.25, 0.3) is 0 Å². The van der Waals surface area contributed by atoms with E-state index in [2.05, 4.69) is 32.0 Å². The van der Waals surface area contributed by atoms with Crippen molar-refractivity contribution in [3.63, 3.8) is 0 Å². The summed E-state index contributed by atoms with van der Waals surface area (Å²) in [6.07, 6.45) is 7.31. The van der Waals surface area contributed by atoms with Gasteiger partial charge in [-0.3, -0.25) is 4.90 Å². The minimum Gasteiger partial charge on any atom is -0.365 e. The van der Waals surface area contributed by atoms with Crippen molar-refractivity contribution in [1.29, 1.82) is 0 Å². The van der Waals surface area contributed by atoms with Crippen LogP contribution in [0.4, 0.5) is 29.3 Å². The van der Waals surface area contributed by atoms with Crippen molar-refractivity contribution in [3.8, 4) is 11.1 Å². The van der Waals surface area contributed by atoms with Gasteiger partial charge in [0, 0.05) is 66.7 Å². The van der Waals surface area contributed by atoms with Crippen molar-refractivity contribution in [1.82, 2.24) is 14.9 Å². The van der Waals surface area contributed by atoms with Crippen LogP contribution in [0.2, 0.25) is 0 Å². The molecule has 2 aliphatic heterocycles. The van der Waals surface area contributed by atoms with E-state index in [1.165, 1.54) is 49.7 Å². The van der Waals surface area contributed by atoms with Crippen molar-refractivity contribution in [2.24, 2.45) is 0 Å². The smallest absolute Gasteiger partial charge is 0.227 e. The highest BCUT2D eigenvalue weighted by molar-refractivity contribution is 5.75. The van der Waals surface area contributed by atoms with Crippen LogP contribution >= 0.6 is 0 Å². The fourth-order valence-electron chi connectivity index (χ4n) is 5.47. The van der Waals surface area contributed by atoms with Gasteiger partial charge in [-0.1, -0.05) is 12.5 Å². The fourth-order valence-corrected chi connectivity index (χ4v) is 5.47. The topological polar surface area (TPSA) is 44.3 Å².